The van der Waals surface area contributed by atoms with Crippen LogP contribution >= 0.6 is 0 Å². The maximum absolute atomic E-state index is 12.0. The summed E-state index contributed by atoms with van der Waals surface area (Å²) < 4.78 is 9.65. The van der Waals surface area contributed by atoms with E-state index in [2.05, 4.69) is 20.7 Å². The van der Waals surface area contributed by atoms with E-state index in [-0.39, 0.29) is 25.6 Å². The molecular formula is C19H27N3O6. The van der Waals surface area contributed by atoms with Crippen LogP contribution in [0.4, 0.5) is 4.79 Å². The second-order valence-electron chi connectivity index (χ2n) is 6.15. The third-order valence-corrected chi connectivity index (χ3v) is 4.04. The van der Waals surface area contributed by atoms with Gasteiger partial charge in [0.15, 0.2) is 0 Å². The number of methoxy groups -OCH3 is 1. The van der Waals surface area contributed by atoms with Crippen molar-refractivity contribution in [3.05, 3.63) is 35.9 Å². The average molecular weight is 393 g/mol. The Hall–Kier alpha value is -3.10. The molecule has 0 saturated carbocycles. The number of carbonyl (C=O) groups is 4. The van der Waals surface area contributed by atoms with Crippen molar-refractivity contribution in [2.45, 2.75) is 32.9 Å². The van der Waals surface area contributed by atoms with Gasteiger partial charge in [-0.2, -0.15) is 0 Å². The van der Waals surface area contributed by atoms with Gasteiger partial charge in [-0.25, -0.2) is 9.59 Å². The zero-order valence-electron chi connectivity index (χ0n) is 16.3. The lowest BCUT2D eigenvalue weighted by Crippen LogP contribution is -2.49. The number of alkyl carbamates (subject to hydrolysis) is 1. The summed E-state index contributed by atoms with van der Waals surface area (Å²) in [6.07, 6.45) is -0.0764. The Morgan fingerprint density at radius 2 is 1.64 bits per heavy atom. The van der Waals surface area contributed by atoms with E-state index in [1.807, 2.05) is 32.0 Å². The first-order valence-electron chi connectivity index (χ1n) is 8.95. The second-order valence-corrected chi connectivity index (χ2v) is 6.15. The van der Waals surface area contributed by atoms with Crippen LogP contribution in [0.25, 0.3) is 0 Å². The monoisotopic (exact) mass is 393 g/mol. The van der Waals surface area contributed by atoms with Gasteiger partial charge < -0.3 is 25.4 Å². The number of ether oxygens (including phenoxy) is 2. The molecule has 0 fully saturated rings. The summed E-state index contributed by atoms with van der Waals surface area (Å²) in [6.45, 7) is 3.11. The van der Waals surface area contributed by atoms with Crippen LogP contribution in [0.5, 0.6) is 0 Å². The number of esters is 1. The Morgan fingerprint density at radius 3 is 2.25 bits per heavy atom. The lowest BCUT2D eigenvalue weighted by molar-refractivity contribution is -0.146. The van der Waals surface area contributed by atoms with Gasteiger partial charge in [0.1, 0.15) is 19.2 Å². The minimum Gasteiger partial charge on any atom is -0.467 e. The molecule has 0 heterocycles. The lowest BCUT2D eigenvalue weighted by atomic mass is 9.99. The smallest absolute Gasteiger partial charge is 0.407 e. The molecule has 0 aliphatic heterocycles. The third kappa shape index (κ3) is 8.52. The topological polar surface area (TPSA) is 123 Å². The van der Waals surface area contributed by atoms with Crippen LogP contribution < -0.4 is 16.0 Å². The molecular weight excluding hydrogens is 366 g/mol. The molecule has 28 heavy (non-hydrogen) atoms. The Morgan fingerprint density at radius 1 is 1.00 bits per heavy atom. The van der Waals surface area contributed by atoms with Gasteiger partial charge in [0, 0.05) is 0 Å². The zero-order valence-corrected chi connectivity index (χ0v) is 16.3. The van der Waals surface area contributed by atoms with Gasteiger partial charge in [0.05, 0.1) is 13.7 Å². The van der Waals surface area contributed by atoms with E-state index < -0.39 is 29.9 Å². The summed E-state index contributed by atoms with van der Waals surface area (Å²) in [5, 5.41) is 7.19. The van der Waals surface area contributed by atoms with Gasteiger partial charge in [0.25, 0.3) is 0 Å². The Balaban J connectivity index is 2.30. The van der Waals surface area contributed by atoms with Crippen molar-refractivity contribution in [3.63, 3.8) is 0 Å². The zero-order chi connectivity index (χ0) is 20.9. The minimum atomic E-state index is -0.787. The number of hydrogen-bond acceptors (Lipinski definition) is 6. The number of hydrogen-bond donors (Lipinski definition) is 3. The van der Waals surface area contributed by atoms with Crippen LogP contribution in [0.3, 0.4) is 0 Å². The van der Waals surface area contributed by atoms with Crippen molar-refractivity contribution >= 4 is 23.9 Å². The first kappa shape index (κ1) is 22.9. The van der Waals surface area contributed by atoms with Gasteiger partial charge in [0.2, 0.25) is 11.8 Å². The lowest BCUT2D eigenvalue weighted by Gasteiger charge is -2.21. The summed E-state index contributed by atoms with van der Waals surface area (Å²) in [5.74, 6) is -1.76. The van der Waals surface area contributed by atoms with E-state index in [1.54, 1.807) is 12.1 Å². The average Bonchev–Trinajstić information content (AvgIpc) is 2.72. The molecule has 0 saturated heterocycles. The van der Waals surface area contributed by atoms with Gasteiger partial charge >= 0.3 is 12.1 Å². The maximum Gasteiger partial charge on any atom is 0.407 e. The van der Waals surface area contributed by atoms with Gasteiger partial charge in [-0.3, -0.25) is 9.59 Å². The fraction of sp³-hybridized carbons (Fsp3) is 0.474. The summed E-state index contributed by atoms with van der Waals surface area (Å²) in [4.78, 5) is 47.0. The molecule has 1 aromatic rings. The highest BCUT2D eigenvalue weighted by atomic mass is 16.5. The largest absolute Gasteiger partial charge is 0.467 e. The highest BCUT2D eigenvalue weighted by Crippen LogP contribution is 2.09. The van der Waals surface area contributed by atoms with Crippen LogP contribution in [0.1, 0.15) is 25.8 Å². The molecule has 3 amide bonds. The van der Waals surface area contributed by atoms with Gasteiger partial charge in [-0.15, -0.1) is 0 Å². The summed E-state index contributed by atoms with van der Waals surface area (Å²) in [7, 11) is 1.24. The fourth-order valence-electron chi connectivity index (χ4n) is 2.19. The van der Waals surface area contributed by atoms with Crippen molar-refractivity contribution in [2.24, 2.45) is 5.92 Å². The molecule has 9 heteroatoms. The summed E-state index contributed by atoms with van der Waals surface area (Å²) >= 11 is 0. The van der Waals surface area contributed by atoms with E-state index in [0.29, 0.717) is 6.42 Å². The Bertz CT molecular complexity index is 665. The van der Waals surface area contributed by atoms with Crippen molar-refractivity contribution in [1.82, 2.24) is 16.0 Å². The number of benzene rings is 1. The Kier molecular flexibility index (Phi) is 10.1. The molecule has 0 spiro atoms. The van der Waals surface area contributed by atoms with Crippen LogP contribution in [-0.4, -0.2) is 50.1 Å². The maximum atomic E-state index is 12.0. The van der Waals surface area contributed by atoms with Gasteiger partial charge in [-0.05, 0) is 11.5 Å². The highest BCUT2D eigenvalue weighted by Gasteiger charge is 2.26. The number of amides is 3. The molecule has 0 aliphatic carbocycles. The number of rotatable bonds is 10. The van der Waals surface area contributed by atoms with Crippen molar-refractivity contribution in [1.29, 1.82) is 0 Å². The fourth-order valence-corrected chi connectivity index (χ4v) is 2.19. The van der Waals surface area contributed by atoms with E-state index in [9.17, 15) is 19.2 Å². The normalized spacial score (nSPS) is 12.2. The third-order valence-electron chi connectivity index (χ3n) is 4.04. The molecule has 0 aliphatic rings. The van der Waals surface area contributed by atoms with Crippen molar-refractivity contribution < 1.29 is 28.7 Å². The second kappa shape index (κ2) is 12.3. The molecule has 0 aromatic heterocycles. The Labute approximate surface area is 164 Å². The summed E-state index contributed by atoms with van der Waals surface area (Å²) in [6, 6.07) is 8.31. The van der Waals surface area contributed by atoms with E-state index in [4.69, 9.17) is 4.74 Å². The molecule has 2 atom stereocenters. The van der Waals surface area contributed by atoms with Crippen LogP contribution in [0.15, 0.2) is 30.3 Å². The quantitative estimate of drug-likeness (QED) is 0.504. The van der Waals surface area contributed by atoms with Crippen LogP contribution in [0.2, 0.25) is 0 Å². The van der Waals surface area contributed by atoms with Crippen LogP contribution in [0, 0.1) is 5.92 Å². The number of carbonyl (C=O) groups excluding carboxylic acids is 4. The SMILES string of the molecule is CC[C@@H](C)[C@H](NC(=O)CNC(=O)CNC(=O)OCc1ccccc1)C(=O)OC. The predicted octanol–water partition coefficient (Wildman–Crippen LogP) is 0.733. The molecule has 154 valence electrons. The molecule has 0 radical (unpaired) electrons. The molecule has 0 bridgehead atoms. The van der Waals surface area contributed by atoms with E-state index in [0.717, 1.165) is 5.56 Å². The standard InChI is InChI=1S/C19H27N3O6/c1-4-13(2)17(18(25)27-3)22-16(24)11-20-15(23)10-21-19(26)28-12-14-8-6-5-7-9-14/h5-9,13,17H,4,10-12H2,1-3H3,(H,20,23)(H,21,26)(H,22,24)/t13-,17+/m1/s1. The van der Waals surface area contributed by atoms with Gasteiger partial charge in [-0.1, -0.05) is 50.6 Å². The van der Waals surface area contributed by atoms with E-state index >= 15 is 0 Å². The first-order valence-corrected chi connectivity index (χ1v) is 8.95. The minimum absolute atomic E-state index is 0.0846. The molecule has 1 aromatic carbocycles. The molecule has 3 N–H and O–H groups in total. The first-order chi connectivity index (χ1) is 13.4. The predicted molar refractivity (Wildman–Crippen MR) is 101 cm³/mol. The molecule has 0 unspecified atom stereocenters. The summed E-state index contributed by atoms with van der Waals surface area (Å²) in [5.41, 5.74) is 0.820. The molecule has 1 rings (SSSR count). The van der Waals surface area contributed by atoms with Crippen LogP contribution in [-0.2, 0) is 30.5 Å². The highest BCUT2D eigenvalue weighted by molar-refractivity contribution is 5.89. The van der Waals surface area contributed by atoms with Crippen molar-refractivity contribution in [3.8, 4) is 0 Å². The van der Waals surface area contributed by atoms with Crippen molar-refractivity contribution in [2.75, 3.05) is 20.2 Å². The van der Waals surface area contributed by atoms with E-state index in [1.165, 1.54) is 7.11 Å². The molecule has 9 nitrogen and oxygen atoms in total. The number of nitrogens with one attached hydrogen (secondary N) is 3.